The van der Waals surface area contributed by atoms with Gasteiger partial charge in [-0.05, 0) is 76.7 Å². The molecule has 226 valence electrons. The minimum atomic E-state index is -0.607. The molecule has 1 saturated carbocycles. The molecule has 1 saturated heterocycles. The quantitative estimate of drug-likeness (QED) is 0.251. The third-order valence-corrected chi connectivity index (χ3v) is 7.76. The van der Waals surface area contributed by atoms with Crippen molar-refractivity contribution < 1.29 is 28.5 Å². The van der Waals surface area contributed by atoms with Gasteiger partial charge in [-0.25, -0.2) is 4.79 Å². The van der Waals surface area contributed by atoms with Crippen LogP contribution in [-0.2, 0) is 30.3 Å². The highest BCUT2D eigenvalue weighted by atomic mass is 16.7. The van der Waals surface area contributed by atoms with Crippen LogP contribution in [0.4, 0.5) is 4.79 Å². The van der Waals surface area contributed by atoms with E-state index >= 15 is 0 Å². The van der Waals surface area contributed by atoms with E-state index in [-0.39, 0.29) is 30.8 Å². The number of carbonyl (C=O) groups excluding carboxylic acids is 2. The molecular formula is C33H53NO6. The van der Waals surface area contributed by atoms with Crippen LogP contribution in [0.3, 0.4) is 0 Å². The molecule has 0 bridgehead atoms. The molecule has 0 radical (unpaired) electrons. The Morgan fingerprint density at radius 2 is 1.68 bits per heavy atom. The topological polar surface area (TPSA) is 83.1 Å². The number of hydrogen-bond acceptors (Lipinski definition) is 6. The molecule has 40 heavy (non-hydrogen) atoms. The van der Waals surface area contributed by atoms with Crippen molar-refractivity contribution >= 4 is 12.1 Å². The number of alkyl carbamates (subject to hydrolysis) is 1. The maximum Gasteiger partial charge on any atom is 0.407 e. The van der Waals surface area contributed by atoms with Gasteiger partial charge in [-0.2, -0.15) is 0 Å². The van der Waals surface area contributed by atoms with Crippen LogP contribution >= 0.6 is 0 Å². The Labute approximate surface area is 242 Å². The fourth-order valence-corrected chi connectivity index (χ4v) is 5.86. The van der Waals surface area contributed by atoms with Crippen molar-refractivity contribution in [1.29, 1.82) is 0 Å². The third kappa shape index (κ3) is 12.2. The number of nitrogens with one attached hydrogen (secondary N) is 1. The monoisotopic (exact) mass is 559 g/mol. The fraction of sp³-hybridized carbons (Fsp3) is 0.758. The number of benzene rings is 1. The molecule has 7 nitrogen and oxygen atoms in total. The zero-order valence-corrected chi connectivity index (χ0v) is 25.5. The molecule has 1 aromatic carbocycles. The van der Waals surface area contributed by atoms with Crippen molar-refractivity contribution in [2.45, 2.75) is 136 Å². The molecule has 0 spiro atoms. The van der Waals surface area contributed by atoms with Crippen LogP contribution < -0.4 is 5.32 Å². The van der Waals surface area contributed by atoms with Gasteiger partial charge in [0.2, 0.25) is 0 Å². The number of esters is 1. The second-order valence-corrected chi connectivity index (χ2v) is 13.1. The standard InChI is InChI=1S/C33H53NO6/c1-24(2)20-27(31(35)38-23-26-16-10-7-11-17-26)22-29(39-30-18-12-13-19-37-30)28(21-25-14-8-6-9-15-25)34-32(36)40-33(3,4)5/h7,10-11,16-17,24-25,27-30H,6,8-9,12-15,18-23H2,1-5H3,(H,34,36)/t27-,28+,29+,30?/m1/s1. The number of carbonyl (C=O) groups is 2. The molecule has 1 aliphatic heterocycles. The van der Waals surface area contributed by atoms with E-state index in [9.17, 15) is 9.59 Å². The molecule has 1 amide bonds. The summed E-state index contributed by atoms with van der Waals surface area (Å²) in [6.45, 7) is 10.8. The lowest BCUT2D eigenvalue weighted by molar-refractivity contribution is -0.200. The molecule has 2 aliphatic rings. The molecule has 1 heterocycles. The summed E-state index contributed by atoms with van der Waals surface area (Å²) in [5, 5.41) is 3.17. The van der Waals surface area contributed by atoms with Gasteiger partial charge < -0.3 is 24.3 Å². The number of hydrogen-bond donors (Lipinski definition) is 1. The molecule has 1 aromatic rings. The number of amides is 1. The highest BCUT2D eigenvalue weighted by molar-refractivity contribution is 5.72. The van der Waals surface area contributed by atoms with Gasteiger partial charge in [0.05, 0.1) is 18.1 Å². The van der Waals surface area contributed by atoms with Gasteiger partial charge in [0.25, 0.3) is 0 Å². The molecular weight excluding hydrogens is 506 g/mol. The average molecular weight is 560 g/mol. The van der Waals surface area contributed by atoms with Crippen LogP contribution in [0.5, 0.6) is 0 Å². The van der Waals surface area contributed by atoms with Gasteiger partial charge in [0.15, 0.2) is 6.29 Å². The molecule has 7 heteroatoms. The van der Waals surface area contributed by atoms with Crippen LogP contribution in [0.25, 0.3) is 0 Å². The predicted molar refractivity (Wildman–Crippen MR) is 157 cm³/mol. The fourth-order valence-electron chi connectivity index (χ4n) is 5.86. The largest absolute Gasteiger partial charge is 0.461 e. The summed E-state index contributed by atoms with van der Waals surface area (Å²) in [6, 6.07) is 9.47. The highest BCUT2D eigenvalue weighted by Crippen LogP contribution is 2.32. The molecule has 1 aliphatic carbocycles. The minimum absolute atomic E-state index is 0.218. The van der Waals surface area contributed by atoms with Crippen LogP contribution in [0.2, 0.25) is 0 Å². The Balaban J connectivity index is 1.82. The average Bonchev–Trinajstić information content (AvgIpc) is 2.91. The van der Waals surface area contributed by atoms with Crippen molar-refractivity contribution in [2.24, 2.45) is 17.8 Å². The summed E-state index contributed by atoms with van der Waals surface area (Å²) in [5.41, 5.74) is 0.355. The first-order chi connectivity index (χ1) is 19.1. The number of rotatable bonds is 13. The Hall–Kier alpha value is -2.12. The van der Waals surface area contributed by atoms with Crippen LogP contribution in [0.1, 0.15) is 111 Å². The van der Waals surface area contributed by atoms with Crippen molar-refractivity contribution in [1.82, 2.24) is 5.32 Å². The van der Waals surface area contributed by atoms with Crippen molar-refractivity contribution in [3.05, 3.63) is 35.9 Å². The highest BCUT2D eigenvalue weighted by Gasteiger charge is 2.36. The molecule has 1 unspecified atom stereocenters. The summed E-state index contributed by atoms with van der Waals surface area (Å²) < 4.78 is 24.1. The van der Waals surface area contributed by atoms with Crippen molar-refractivity contribution in [2.75, 3.05) is 6.61 Å². The SMILES string of the molecule is CC(C)C[C@H](C[C@H](OC1CCCCO1)[C@H](CC1CCCCC1)NC(=O)OC(C)(C)C)C(=O)OCc1ccccc1. The van der Waals surface area contributed by atoms with Crippen LogP contribution in [-0.4, -0.2) is 42.7 Å². The maximum atomic E-state index is 13.5. The van der Waals surface area contributed by atoms with E-state index in [1.165, 1.54) is 19.3 Å². The molecule has 2 fully saturated rings. The first-order valence-corrected chi connectivity index (χ1v) is 15.6. The summed E-state index contributed by atoms with van der Waals surface area (Å²) in [6.07, 6.45) is 9.61. The third-order valence-electron chi connectivity index (χ3n) is 7.76. The Bertz CT molecular complexity index is 871. The summed E-state index contributed by atoms with van der Waals surface area (Å²) >= 11 is 0. The van der Waals surface area contributed by atoms with Crippen LogP contribution in [0, 0.1) is 17.8 Å². The Kier molecular flexibility index (Phi) is 13.2. The van der Waals surface area contributed by atoms with Gasteiger partial charge in [0, 0.05) is 6.61 Å². The van der Waals surface area contributed by atoms with E-state index in [2.05, 4.69) is 19.2 Å². The van der Waals surface area contributed by atoms with Gasteiger partial charge in [0.1, 0.15) is 12.2 Å². The first kappa shape index (κ1) is 32.4. The van der Waals surface area contributed by atoms with Gasteiger partial charge in [-0.1, -0.05) is 76.3 Å². The maximum absolute atomic E-state index is 13.5. The molecule has 1 N–H and O–H groups in total. The normalized spacial score (nSPS) is 20.9. The summed E-state index contributed by atoms with van der Waals surface area (Å²) in [4.78, 5) is 26.5. The van der Waals surface area contributed by atoms with Gasteiger partial charge in [-0.3, -0.25) is 4.79 Å². The summed E-state index contributed by atoms with van der Waals surface area (Å²) in [7, 11) is 0. The predicted octanol–water partition coefficient (Wildman–Crippen LogP) is 7.56. The van der Waals surface area contributed by atoms with Crippen molar-refractivity contribution in [3.8, 4) is 0 Å². The zero-order valence-electron chi connectivity index (χ0n) is 25.5. The Morgan fingerprint density at radius 3 is 2.30 bits per heavy atom. The smallest absolute Gasteiger partial charge is 0.407 e. The minimum Gasteiger partial charge on any atom is -0.461 e. The first-order valence-electron chi connectivity index (χ1n) is 15.6. The Morgan fingerprint density at radius 1 is 0.975 bits per heavy atom. The lowest BCUT2D eigenvalue weighted by atomic mass is 9.81. The van der Waals surface area contributed by atoms with E-state index in [0.717, 1.165) is 44.1 Å². The van der Waals surface area contributed by atoms with Gasteiger partial charge >= 0.3 is 12.1 Å². The summed E-state index contributed by atoms with van der Waals surface area (Å²) in [5.74, 6) is 0.230. The van der Waals surface area contributed by atoms with Crippen molar-refractivity contribution in [3.63, 3.8) is 0 Å². The lowest BCUT2D eigenvalue weighted by Crippen LogP contribution is -2.50. The zero-order chi connectivity index (χ0) is 29.0. The second kappa shape index (κ2) is 16.4. The molecule has 3 rings (SSSR count). The van der Waals surface area contributed by atoms with E-state index < -0.39 is 17.8 Å². The number of ether oxygens (including phenoxy) is 4. The van der Waals surface area contributed by atoms with Crippen LogP contribution in [0.15, 0.2) is 30.3 Å². The van der Waals surface area contributed by atoms with E-state index in [0.29, 0.717) is 31.3 Å². The lowest BCUT2D eigenvalue weighted by Gasteiger charge is -2.37. The molecule has 4 atom stereocenters. The second-order valence-electron chi connectivity index (χ2n) is 13.1. The van der Waals surface area contributed by atoms with E-state index in [4.69, 9.17) is 18.9 Å². The van der Waals surface area contributed by atoms with E-state index in [1.54, 1.807) is 0 Å². The van der Waals surface area contributed by atoms with Gasteiger partial charge in [-0.15, -0.1) is 0 Å². The van der Waals surface area contributed by atoms with E-state index in [1.807, 2.05) is 51.1 Å². The molecule has 0 aromatic heterocycles.